The number of hydrogen-bond acceptors (Lipinski definition) is 4. The molecule has 0 saturated heterocycles. The lowest BCUT2D eigenvalue weighted by atomic mass is 10.0. The molecule has 7 rings (SSSR count). The predicted octanol–water partition coefficient (Wildman–Crippen LogP) is 5.89. The van der Waals surface area contributed by atoms with Gasteiger partial charge in [-0.05, 0) is 61.6 Å². The average Bonchev–Trinajstić information content (AvgIpc) is 3.83. The van der Waals surface area contributed by atoms with Gasteiger partial charge in [-0.25, -0.2) is 0 Å². The van der Waals surface area contributed by atoms with E-state index in [1.54, 1.807) is 13.8 Å². The maximum absolute atomic E-state index is 13.3. The van der Waals surface area contributed by atoms with Crippen molar-refractivity contribution in [2.24, 2.45) is 5.73 Å². The van der Waals surface area contributed by atoms with Crippen LogP contribution >= 0.6 is 0 Å². The SMILES string of the molecule is CC(C)(N)C(=O)NC(Cc1c[nH]c2ccccc12)c1nnc(CCc2c[nH]c3ccccc23)n1CCc1c[nH]c2ccccc12. The van der Waals surface area contributed by atoms with Crippen molar-refractivity contribution in [3.63, 3.8) is 0 Å². The molecule has 7 aromatic rings. The zero-order chi connectivity index (χ0) is 31.0. The van der Waals surface area contributed by atoms with Gasteiger partial charge in [-0.3, -0.25) is 4.79 Å². The number of fused-ring (bicyclic) bond motifs is 3. The van der Waals surface area contributed by atoms with E-state index in [9.17, 15) is 4.79 Å². The van der Waals surface area contributed by atoms with E-state index in [1.165, 1.54) is 21.9 Å². The van der Waals surface area contributed by atoms with Crippen molar-refractivity contribution in [3.05, 3.63) is 120 Å². The van der Waals surface area contributed by atoms with Gasteiger partial charge in [0, 0.05) is 70.7 Å². The number of nitrogens with two attached hydrogens (primary N) is 1. The number of benzene rings is 3. The van der Waals surface area contributed by atoms with E-state index in [0.717, 1.165) is 52.0 Å². The van der Waals surface area contributed by atoms with E-state index < -0.39 is 11.6 Å². The van der Waals surface area contributed by atoms with Gasteiger partial charge in [0.2, 0.25) is 5.91 Å². The number of aromatic amines is 3. The summed E-state index contributed by atoms with van der Waals surface area (Å²) in [7, 11) is 0. The molecule has 0 spiro atoms. The van der Waals surface area contributed by atoms with E-state index in [4.69, 9.17) is 15.9 Å². The number of nitrogens with one attached hydrogen (secondary N) is 4. The van der Waals surface area contributed by atoms with Gasteiger partial charge in [0.1, 0.15) is 5.82 Å². The Kier molecular flexibility index (Phi) is 7.47. The summed E-state index contributed by atoms with van der Waals surface area (Å²) in [5.41, 5.74) is 12.1. The van der Waals surface area contributed by atoms with Crippen molar-refractivity contribution in [1.82, 2.24) is 35.0 Å². The first kappa shape index (κ1) is 28.6. The lowest BCUT2D eigenvalue weighted by Gasteiger charge is -2.24. The highest BCUT2D eigenvalue weighted by molar-refractivity contribution is 5.86. The maximum atomic E-state index is 13.3. The molecule has 228 valence electrons. The van der Waals surface area contributed by atoms with Crippen LogP contribution < -0.4 is 11.1 Å². The van der Waals surface area contributed by atoms with E-state index in [2.05, 4.69) is 85.8 Å². The predicted molar refractivity (Wildman–Crippen MR) is 179 cm³/mol. The van der Waals surface area contributed by atoms with E-state index in [1.807, 2.05) is 30.5 Å². The van der Waals surface area contributed by atoms with Crippen LogP contribution in [0.1, 0.15) is 48.2 Å². The fourth-order valence-corrected chi connectivity index (χ4v) is 6.26. The summed E-state index contributed by atoms with van der Waals surface area (Å²) in [6.07, 6.45) is 9.03. The molecule has 9 heteroatoms. The van der Waals surface area contributed by atoms with Gasteiger partial charge in [-0.15, -0.1) is 10.2 Å². The summed E-state index contributed by atoms with van der Waals surface area (Å²) >= 11 is 0. The molecule has 0 bridgehead atoms. The lowest BCUT2D eigenvalue weighted by Crippen LogP contribution is -2.50. The number of amides is 1. The van der Waals surface area contributed by atoms with Gasteiger partial charge in [0.15, 0.2) is 5.82 Å². The minimum atomic E-state index is -1.05. The van der Waals surface area contributed by atoms with E-state index in [0.29, 0.717) is 19.4 Å². The minimum Gasteiger partial charge on any atom is -0.361 e. The highest BCUT2D eigenvalue weighted by atomic mass is 16.2. The highest BCUT2D eigenvalue weighted by Gasteiger charge is 2.29. The summed E-state index contributed by atoms with van der Waals surface area (Å²) in [4.78, 5) is 23.5. The van der Waals surface area contributed by atoms with Crippen molar-refractivity contribution in [2.45, 2.75) is 57.7 Å². The Morgan fingerprint density at radius 3 is 1.84 bits per heavy atom. The van der Waals surface area contributed by atoms with Gasteiger partial charge in [0.05, 0.1) is 11.6 Å². The molecule has 4 aromatic heterocycles. The van der Waals surface area contributed by atoms with Crippen molar-refractivity contribution in [2.75, 3.05) is 0 Å². The van der Waals surface area contributed by atoms with Crippen LogP contribution in [-0.2, 0) is 37.0 Å². The number of nitrogens with zero attached hydrogens (tertiary/aromatic N) is 3. The van der Waals surface area contributed by atoms with Crippen LogP contribution in [0.15, 0.2) is 91.4 Å². The van der Waals surface area contributed by atoms with Crippen molar-refractivity contribution in [1.29, 1.82) is 0 Å². The molecule has 0 radical (unpaired) electrons. The van der Waals surface area contributed by atoms with Gasteiger partial charge in [-0.1, -0.05) is 54.6 Å². The summed E-state index contributed by atoms with van der Waals surface area (Å²) < 4.78 is 2.21. The number of carbonyl (C=O) groups excluding carboxylic acids is 1. The standard InChI is InChI=1S/C36H38N8O/c1-36(2,37)35(45)41-32(19-25-22-40-31-14-8-5-11-28(25)31)34-43-42-33(16-15-23-20-38-29-12-6-3-9-26(23)29)44(34)18-17-24-21-39-30-13-7-4-10-27(24)30/h3-14,20-22,32,38-40H,15-19,37H2,1-2H3,(H,41,45). The van der Waals surface area contributed by atoms with Gasteiger partial charge >= 0.3 is 0 Å². The third-order valence-corrected chi connectivity index (χ3v) is 8.73. The molecule has 3 aromatic carbocycles. The normalized spacial score (nSPS) is 12.8. The van der Waals surface area contributed by atoms with Crippen LogP contribution in [0.3, 0.4) is 0 Å². The molecule has 6 N–H and O–H groups in total. The summed E-state index contributed by atoms with van der Waals surface area (Å²) in [6, 6.07) is 24.5. The van der Waals surface area contributed by atoms with Crippen molar-refractivity contribution in [3.8, 4) is 0 Å². The Bertz CT molecular complexity index is 2100. The Morgan fingerprint density at radius 2 is 1.27 bits per heavy atom. The fraction of sp³-hybridized carbons (Fsp3) is 0.250. The molecule has 1 amide bonds. The topological polar surface area (TPSA) is 133 Å². The average molecular weight is 599 g/mol. The molecule has 45 heavy (non-hydrogen) atoms. The fourth-order valence-electron chi connectivity index (χ4n) is 6.26. The summed E-state index contributed by atoms with van der Waals surface area (Å²) in [6.45, 7) is 4.11. The molecular formula is C36H38N8O. The number of hydrogen-bond donors (Lipinski definition) is 5. The van der Waals surface area contributed by atoms with E-state index >= 15 is 0 Å². The van der Waals surface area contributed by atoms with Crippen molar-refractivity contribution >= 4 is 38.6 Å². The zero-order valence-electron chi connectivity index (χ0n) is 25.6. The first-order chi connectivity index (χ1) is 21.8. The third-order valence-electron chi connectivity index (χ3n) is 8.73. The van der Waals surface area contributed by atoms with Gasteiger partial charge in [-0.2, -0.15) is 0 Å². The first-order valence-corrected chi connectivity index (χ1v) is 15.5. The second kappa shape index (κ2) is 11.7. The molecule has 0 aliphatic heterocycles. The Hall–Kier alpha value is -5.15. The molecule has 4 heterocycles. The monoisotopic (exact) mass is 598 g/mol. The van der Waals surface area contributed by atoms with Crippen LogP contribution in [0.4, 0.5) is 0 Å². The first-order valence-electron chi connectivity index (χ1n) is 15.5. The minimum absolute atomic E-state index is 0.237. The molecule has 1 atom stereocenters. The van der Waals surface area contributed by atoms with Gasteiger partial charge < -0.3 is 30.6 Å². The van der Waals surface area contributed by atoms with Crippen LogP contribution in [0, 0.1) is 0 Å². The second-order valence-corrected chi connectivity index (χ2v) is 12.4. The van der Waals surface area contributed by atoms with E-state index in [-0.39, 0.29) is 5.91 Å². The molecule has 0 aliphatic carbocycles. The quantitative estimate of drug-likeness (QED) is 0.127. The second-order valence-electron chi connectivity index (χ2n) is 12.4. The Balaban J connectivity index is 1.25. The van der Waals surface area contributed by atoms with Gasteiger partial charge in [0.25, 0.3) is 0 Å². The summed E-state index contributed by atoms with van der Waals surface area (Å²) in [5, 5.41) is 16.3. The Morgan fingerprint density at radius 1 is 0.756 bits per heavy atom. The Labute approximate surface area is 261 Å². The molecule has 0 saturated carbocycles. The summed E-state index contributed by atoms with van der Waals surface area (Å²) in [5.74, 6) is 1.38. The number of rotatable bonds is 11. The zero-order valence-corrected chi connectivity index (χ0v) is 25.6. The number of carbonyl (C=O) groups is 1. The highest BCUT2D eigenvalue weighted by Crippen LogP contribution is 2.27. The molecule has 1 unspecified atom stereocenters. The molecular weight excluding hydrogens is 560 g/mol. The lowest BCUT2D eigenvalue weighted by molar-refractivity contribution is -0.126. The van der Waals surface area contributed by atoms with Crippen LogP contribution in [0.2, 0.25) is 0 Å². The smallest absolute Gasteiger partial charge is 0.240 e. The molecule has 0 fully saturated rings. The number of aryl methyl sites for hydroxylation is 3. The largest absolute Gasteiger partial charge is 0.361 e. The van der Waals surface area contributed by atoms with Crippen LogP contribution in [0.5, 0.6) is 0 Å². The molecule has 9 nitrogen and oxygen atoms in total. The van der Waals surface area contributed by atoms with Crippen LogP contribution in [0.25, 0.3) is 32.7 Å². The maximum Gasteiger partial charge on any atom is 0.240 e. The third kappa shape index (κ3) is 5.74. The number of para-hydroxylation sites is 3. The number of H-pyrrole nitrogens is 3. The van der Waals surface area contributed by atoms with Crippen molar-refractivity contribution < 1.29 is 4.79 Å². The van der Waals surface area contributed by atoms with Crippen LogP contribution in [-0.4, -0.2) is 41.2 Å². The number of aromatic nitrogens is 6. The molecule has 0 aliphatic rings.